The van der Waals surface area contributed by atoms with Crippen molar-refractivity contribution in [3.8, 4) is 40.1 Å². The average molecular weight is 455 g/mol. The maximum absolute atomic E-state index is 12.8. The molecule has 0 saturated carbocycles. The summed E-state index contributed by atoms with van der Waals surface area (Å²) in [6.45, 7) is 1.00. The molecule has 0 atom stereocenters. The van der Waals surface area contributed by atoms with Crippen molar-refractivity contribution in [3.63, 3.8) is 0 Å². The van der Waals surface area contributed by atoms with Crippen LogP contribution < -0.4 is 24.3 Å². The first-order chi connectivity index (χ1) is 16.7. The van der Waals surface area contributed by atoms with Gasteiger partial charge in [-0.25, -0.2) is 0 Å². The van der Waals surface area contributed by atoms with Gasteiger partial charge in [-0.05, 0) is 54.6 Å². The first-order valence-corrected chi connectivity index (χ1v) is 10.6. The predicted molar refractivity (Wildman–Crippen MR) is 126 cm³/mol. The molecule has 1 aromatic heterocycles. The monoisotopic (exact) mass is 455 g/mol. The van der Waals surface area contributed by atoms with Gasteiger partial charge in [-0.3, -0.25) is 4.79 Å². The van der Waals surface area contributed by atoms with Crippen molar-refractivity contribution < 1.29 is 23.7 Å². The van der Waals surface area contributed by atoms with E-state index in [0.29, 0.717) is 53.3 Å². The van der Waals surface area contributed by atoms with Gasteiger partial charge in [-0.1, -0.05) is 12.1 Å². The molecule has 0 saturated heterocycles. The lowest BCUT2D eigenvalue weighted by atomic mass is 10.1. The summed E-state index contributed by atoms with van der Waals surface area (Å²) in [6.07, 6.45) is 0. The van der Waals surface area contributed by atoms with Crippen molar-refractivity contribution in [2.75, 3.05) is 25.6 Å². The lowest BCUT2D eigenvalue weighted by Crippen LogP contribution is -2.16. The highest BCUT2D eigenvalue weighted by Crippen LogP contribution is 2.33. The summed E-state index contributed by atoms with van der Waals surface area (Å²) in [5.74, 6) is 2.77. The van der Waals surface area contributed by atoms with E-state index in [1.807, 2.05) is 6.07 Å². The number of hydrogen-bond donors (Lipinski definition) is 1. The summed E-state index contributed by atoms with van der Waals surface area (Å²) in [5.41, 5.74) is 2.50. The Labute approximate surface area is 196 Å². The van der Waals surface area contributed by atoms with E-state index in [9.17, 15) is 4.79 Å². The maximum Gasteiger partial charge on any atom is 0.255 e. The highest BCUT2D eigenvalue weighted by atomic mass is 16.6. The molecule has 1 aliphatic heterocycles. The zero-order valence-corrected chi connectivity index (χ0v) is 18.4. The van der Waals surface area contributed by atoms with E-state index >= 15 is 0 Å². The zero-order valence-electron chi connectivity index (χ0n) is 18.4. The van der Waals surface area contributed by atoms with E-state index < -0.39 is 0 Å². The number of nitrogens with one attached hydrogen (secondary N) is 1. The second-order valence-electron chi connectivity index (χ2n) is 7.43. The van der Waals surface area contributed by atoms with Gasteiger partial charge in [0.05, 0.1) is 12.8 Å². The fourth-order valence-electron chi connectivity index (χ4n) is 3.44. The molecular weight excluding hydrogens is 434 g/mol. The highest BCUT2D eigenvalue weighted by Gasteiger charge is 2.14. The van der Waals surface area contributed by atoms with Gasteiger partial charge in [0.25, 0.3) is 5.91 Å². The van der Waals surface area contributed by atoms with Gasteiger partial charge in [0.1, 0.15) is 24.7 Å². The molecule has 0 unspecified atom stereocenters. The Hall–Kier alpha value is -4.59. The van der Waals surface area contributed by atoms with Crippen LogP contribution in [0.5, 0.6) is 28.9 Å². The number of rotatable bonds is 6. The van der Waals surface area contributed by atoms with Crippen LogP contribution >= 0.6 is 0 Å². The SMILES string of the molecule is COc1ccc(Oc2ccc(-c3cccc(C(=O)Nc4ccc5c(c4)OCCO5)c3)nn2)cc1. The largest absolute Gasteiger partial charge is 0.497 e. The molecule has 1 N–H and O–H groups in total. The Bertz CT molecular complexity index is 1310. The van der Waals surface area contributed by atoms with E-state index in [4.69, 9.17) is 18.9 Å². The van der Waals surface area contributed by atoms with Crippen LogP contribution in [0, 0.1) is 0 Å². The third-order valence-electron chi connectivity index (χ3n) is 5.14. The number of aromatic nitrogens is 2. The number of methoxy groups -OCH3 is 1. The van der Waals surface area contributed by atoms with E-state index in [1.165, 1.54) is 0 Å². The fourth-order valence-corrected chi connectivity index (χ4v) is 3.44. The van der Waals surface area contributed by atoms with Crippen molar-refractivity contribution in [1.82, 2.24) is 10.2 Å². The number of amides is 1. The number of fused-ring (bicyclic) bond motifs is 1. The normalized spacial score (nSPS) is 12.0. The first kappa shape index (κ1) is 21.3. The van der Waals surface area contributed by atoms with Gasteiger partial charge < -0.3 is 24.3 Å². The molecule has 3 aromatic carbocycles. The van der Waals surface area contributed by atoms with Crippen molar-refractivity contribution in [1.29, 1.82) is 0 Å². The number of anilines is 1. The topological polar surface area (TPSA) is 91.8 Å². The van der Waals surface area contributed by atoms with E-state index in [2.05, 4.69) is 15.5 Å². The molecule has 1 amide bonds. The van der Waals surface area contributed by atoms with Gasteiger partial charge >= 0.3 is 0 Å². The molecule has 8 nitrogen and oxygen atoms in total. The average Bonchev–Trinajstić information content (AvgIpc) is 2.89. The lowest BCUT2D eigenvalue weighted by Gasteiger charge is -2.19. The van der Waals surface area contributed by atoms with Crippen LogP contribution in [0.3, 0.4) is 0 Å². The van der Waals surface area contributed by atoms with Crippen LogP contribution in [-0.2, 0) is 0 Å². The molecule has 0 fully saturated rings. The predicted octanol–water partition coefficient (Wildman–Crippen LogP) is 4.97. The van der Waals surface area contributed by atoms with Crippen molar-refractivity contribution in [2.24, 2.45) is 0 Å². The van der Waals surface area contributed by atoms with Crippen molar-refractivity contribution in [2.45, 2.75) is 0 Å². The molecule has 0 bridgehead atoms. The molecule has 170 valence electrons. The molecule has 2 heterocycles. The number of carbonyl (C=O) groups excluding carboxylic acids is 1. The van der Waals surface area contributed by atoms with Crippen LogP contribution in [0.15, 0.2) is 78.9 Å². The minimum Gasteiger partial charge on any atom is -0.497 e. The minimum atomic E-state index is -0.244. The Balaban J connectivity index is 1.28. The smallest absolute Gasteiger partial charge is 0.255 e. The number of nitrogens with zero attached hydrogens (tertiary/aromatic N) is 2. The second kappa shape index (κ2) is 9.50. The molecule has 34 heavy (non-hydrogen) atoms. The third kappa shape index (κ3) is 4.75. The zero-order chi connectivity index (χ0) is 23.3. The Morgan fingerprint density at radius 1 is 0.853 bits per heavy atom. The molecule has 1 aliphatic rings. The summed E-state index contributed by atoms with van der Waals surface area (Å²) in [4.78, 5) is 12.8. The Morgan fingerprint density at radius 3 is 2.41 bits per heavy atom. The summed E-state index contributed by atoms with van der Waals surface area (Å²) in [7, 11) is 1.61. The van der Waals surface area contributed by atoms with Gasteiger partial charge in [0.2, 0.25) is 5.88 Å². The Kier molecular flexibility index (Phi) is 5.94. The summed E-state index contributed by atoms with van der Waals surface area (Å²) in [6, 6.07) is 23.2. The van der Waals surface area contributed by atoms with Crippen LogP contribution in [0.2, 0.25) is 0 Å². The number of carbonyl (C=O) groups is 1. The van der Waals surface area contributed by atoms with Gasteiger partial charge in [-0.15, -0.1) is 10.2 Å². The molecule has 5 rings (SSSR count). The fraction of sp³-hybridized carbons (Fsp3) is 0.115. The van der Waals surface area contributed by atoms with Gasteiger partial charge in [0.15, 0.2) is 11.5 Å². The van der Waals surface area contributed by atoms with Gasteiger partial charge in [0, 0.05) is 28.9 Å². The summed E-state index contributed by atoms with van der Waals surface area (Å²) in [5, 5.41) is 11.3. The van der Waals surface area contributed by atoms with Crippen molar-refractivity contribution >= 4 is 11.6 Å². The summed E-state index contributed by atoms with van der Waals surface area (Å²) < 4.78 is 22.0. The molecule has 0 spiro atoms. The molecule has 0 aliphatic carbocycles. The van der Waals surface area contributed by atoms with Crippen LogP contribution in [0.4, 0.5) is 5.69 Å². The molecular formula is C26H21N3O5. The van der Waals surface area contributed by atoms with E-state index in [-0.39, 0.29) is 5.91 Å². The molecule has 8 heteroatoms. The van der Waals surface area contributed by atoms with E-state index in [1.54, 1.807) is 79.9 Å². The van der Waals surface area contributed by atoms with Crippen molar-refractivity contribution in [3.05, 3.63) is 84.4 Å². The first-order valence-electron chi connectivity index (χ1n) is 10.6. The Morgan fingerprint density at radius 2 is 1.65 bits per heavy atom. The van der Waals surface area contributed by atoms with Crippen LogP contribution in [0.1, 0.15) is 10.4 Å². The summed E-state index contributed by atoms with van der Waals surface area (Å²) >= 11 is 0. The highest BCUT2D eigenvalue weighted by molar-refractivity contribution is 6.05. The second-order valence-corrected chi connectivity index (χ2v) is 7.43. The standard InChI is InChI=1S/C26H21N3O5/c1-31-20-6-8-21(9-7-20)34-25-12-10-22(28-29-25)17-3-2-4-18(15-17)26(30)27-19-5-11-23-24(16-19)33-14-13-32-23/h2-12,15-16H,13-14H2,1H3,(H,27,30). The number of ether oxygens (including phenoxy) is 4. The molecule has 0 radical (unpaired) electrons. The maximum atomic E-state index is 12.8. The third-order valence-corrected chi connectivity index (χ3v) is 5.14. The van der Waals surface area contributed by atoms with Crippen LogP contribution in [0.25, 0.3) is 11.3 Å². The minimum absolute atomic E-state index is 0.244. The number of hydrogen-bond acceptors (Lipinski definition) is 7. The van der Waals surface area contributed by atoms with Crippen LogP contribution in [-0.4, -0.2) is 36.4 Å². The van der Waals surface area contributed by atoms with E-state index in [0.717, 1.165) is 11.3 Å². The quantitative estimate of drug-likeness (QED) is 0.439. The molecule has 4 aromatic rings. The number of benzene rings is 3. The van der Waals surface area contributed by atoms with Gasteiger partial charge in [-0.2, -0.15) is 0 Å². The lowest BCUT2D eigenvalue weighted by molar-refractivity contribution is 0.102.